The first kappa shape index (κ1) is 11.4. The maximum absolute atomic E-state index is 9.99. The van der Waals surface area contributed by atoms with Gasteiger partial charge in [0, 0.05) is 6.61 Å². The first-order valence-corrected chi connectivity index (χ1v) is 4.15. The molecule has 4 nitrogen and oxygen atoms in total. The lowest BCUT2D eigenvalue weighted by Gasteiger charge is -2.05. The van der Waals surface area contributed by atoms with E-state index in [-0.39, 0.29) is 13.0 Å². The fraction of sp³-hybridized carbons (Fsp3) is 0.875. The van der Waals surface area contributed by atoms with E-state index in [0.29, 0.717) is 12.8 Å². The van der Waals surface area contributed by atoms with Gasteiger partial charge in [-0.25, -0.2) is 9.90 Å². The van der Waals surface area contributed by atoms with E-state index in [1.54, 1.807) is 0 Å². The minimum Gasteiger partial charge on any atom is -0.396 e. The van der Waals surface area contributed by atoms with Gasteiger partial charge in [0.25, 0.3) is 0 Å². The van der Waals surface area contributed by atoms with Crippen LogP contribution < -0.4 is 0 Å². The Morgan fingerprint density at radius 3 is 2.42 bits per heavy atom. The highest BCUT2D eigenvalue weighted by molar-refractivity contribution is 5.66. The number of rotatable bonds is 7. The van der Waals surface area contributed by atoms with Gasteiger partial charge in [-0.2, -0.15) is 0 Å². The van der Waals surface area contributed by atoms with E-state index in [1.807, 2.05) is 0 Å². The molecule has 0 aliphatic heterocycles. The van der Waals surface area contributed by atoms with Crippen LogP contribution in [0.15, 0.2) is 0 Å². The monoisotopic (exact) mass is 175 g/mol. The Bertz CT molecular complexity index is 124. The second-order valence-electron chi connectivity index (χ2n) is 2.80. The Labute approximate surface area is 71.8 Å². The first-order chi connectivity index (χ1) is 5.66. The van der Waals surface area contributed by atoms with Crippen molar-refractivity contribution in [1.29, 1.82) is 0 Å². The summed E-state index contributed by atoms with van der Waals surface area (Å²) in [6, 6.07) is 0. The Morgan fingerprint density at radius 1 is 1.25 bits per heavy atom. The summed E-state index contributed by atoms with van der Waals surface area (Å²) >= 11 is 0. The van der Waals surface area contributed by atoms with E-state index in [1.165, 1.54) is 0 Å². The molecular weight excluding hydrogens is 160 g/mol. The van der Waals surface area contributed by atoms with Crippen molar-refractivity contribution in [1.82, 2.24) is 0 Å². The Kier molecular flexibility index (Phi) is 6.70. The lowest BCUT2D eigenvalue weighted by molar-refractivity contribution is -0.145. The van der Waals surface area contributed by atoms with E-state index in [2.05, 4.69) is 0 Å². The minimum absolute atomic E-state index is 0.149. The molecule has 1 atom stereocenters. The van der Waals surface area contributed by atoms with Crippen molar-refractivity contribution < 1.29 is 20.1 Å². The molecule has 0 aromatic carbocycles. The number of carbonyl (C=O) groups excluding carboxylic acids is 1. The van der Waals surface area contributed by atoms with Crippen molar-refractivity contribution in [3.05, 3.63) is 0 Å². The highest BCUT2D eigenvalue weighted by atomic mass is 16.4. The smallest absolute Gasteiger partial charge is 0.358 e. The Morgan fingerprint density at radius 2 is 1.92 bits per heavy atom. The minimum atomic E-state index is -1.22. The third-order valence-corrected chi connectivity index (χ3v) is 1.60. The number of aliphatic hydroxyl groups is 2. The van der Waals surface area contributed by atoms with Crippen LogP contribution in [-0.4, -0.2) is 28.9 Å². The Hall–Kier alpha value is -0.610. The second-order valence-corrected chi connectivity index (χ2v) is 2.80. The summed E-state index contributed by atoms with van der Waals surface area (Å²) in [7, 11) is 0. The van der Waals surface area contributed by atoms with Gasteiger partial charge in [-0.05, 0) is 12.8 Å². The first-order valence-electron chi connectivity index (χ1n) is 4.15. The van der Waals surface area contributed by atoms with Gasteiger partial charge in [0.1, 0.15) is 0 Å². The normalized spacial score (nSPS) is 12.8. The van der Waals surface area contributed by atoms with E-state index >= 15 is 0 Å². The molecule has 4 heteroatoms. The molecule has 0 heterocycles. The lowest BCUT2D eigenvalue weighted by atomic mass is 10.1. The molecule has 0 rings (SSSR count). The molecule has 2 N–H and O–H groups in total. The molecule has 1 radical (unpaired) electrons. The van der Waals surface area contributed by atoms with Crippen LogP contribution in [0.4, 0.5) is 0 Å². The quantitative estimate of drug-likeness (QED) is 0.544. The molecule has 0 aliphatic carbocycles. The highest BCUT2D eigenvalue weighted by Crippen LogP contribution is 2.05. The SMILES string of the molecule is [O]C(=O)CC(O)CCCCCO. The fourth-order valence-electron chi connectivity index (χ4n) is 0.963. The maximum atomic E-state index is 9.99. The number of carbonyl (C=O) groups is 1. The van der Waals surface area contributed by atoms with Crippen molar-refractivity contribution in [2.24, 2.45) is 0 Å². The summed E-state index contributed by atoms with van der Waals surface area (Å²) in [6.07, 6.45) is 1.65. The van der Waals surface area contributed by atoms with Crippen LogP contribution in [0.25, 0.3) is 0 Å². The molecule has 0 bridgehead atoms. The van der Waals surface area contributed by atoms with Gasteiger partial charge >= 0.3 is 5.97 Å². The van der Waals surface area contributed by atoms with Gasteiger partial charge in [0.15, 0.2) is 0 Å². The topological polar surface area (TPSA) is 77.4 Å². The third kappa shape index (κ3) is 7.50. The molecule has 0 fully saturated rings. The molecule has 0 spiro atoms. The van der Waals surface area contributed by atoms with E-state index < -0.39 is 12.1 Å². The van der Waals surface area contributed by atoms with Gasteiger partial charge in [-0.3, -0.25) is 0 Å². The van der Waals surface area contributed by atoms with Crippen molar-refractivity contribution in [3.63, 3.8) is 0 Å². The third-order valence-electron chi connectivity index (χ3n) is 1.60. The molecule has 0 aromatic heterocycles. The predicted octanol–water partition coefficient (Wildman–Crippen LogP) is 0.247. The standard InChI is InChI=1S/C8H15O4/c9-5-3-1-2-4-7(10)6-8(11)12/h7,9-10H,1-6H2. The summed E-state index contributed by atoms with van der Waals surface area (Å²) in [5, 5.41) is 27.4. The van der Waals surface area contributed by atoms with Crippen LogP contribution in [-0.2, 0) is 9.90 Å². The summed E-state index contributed by atoms with van der Waals surface area (Å²) in [6.45, 7) is 0.149. The van der Waals surface area contributed by atoms with Crippen LogP contribution >= 0.6 is 0 Å². The number of hydrogen-bond acceptors (Lipinski definition) is 3. The van der Waals surface area contributed by atoms with Crippen molar-refractivity contribution in [2.75, 3.05) is 6.61 Å². The van der Waals surface area contributed by atoms with Gasteiger partial charge in [0.05, 0.1) is 12.5 Å². The van der Waals surface area contributed by atoms with Crippen LogP contribution in [0.3, 0.4) is 0 Å². The fourth-order valence-corrected chi connectivity index (χ4v) is 0.963. The average Bonchev–Trinajstić information content (AvgIpc) is 1.97. The predicted molar refractivity (Wildman–Crippen MR) is 41.9 cm³/mol. The number of aliphatic hydroxyl groups excluding tert-OH is 2. The summed E-state index contributed by atoms with van der Waals surface area (Å²) < 4.78 is 0. The van der Waals surface area contributed by atoms with Crippen molar-refractivity contribution in [2.45, 2.75) is 38.2 Å². The van der Waals surface area contributed by atoms with Crippen molar-refractivity contribution >= 4 is 5.97 Å². The van der Waals surface area contributed by atoms with Crippen molar-refractivity contribution in [3.8, 4) is 0 Å². The van der Waals surface area contributed by atoms with Gasteiger partial charge in [-0.1, -0.05) is 12.8 Å². The molecule has 1 unspecified atom stereocenters. The largest absolute Gasteiger partial charge is 0.396 e. The van der Waals surface area contributed by atoms with Crippen LogP contribution in [0, 0.1) is 0 Å². The maximum Gasteiger partial charge on any atom is 0.358 e. The van der Waals surface area contributed by atoms with E-state index in [4.69, 9.17) is 10.2 Å². The van der Waals surface area contributed by atoms with Crippen LogP contribution in [0.2, 0.25) is 0 Å². The molecule has 0 amide bonds. The number of hydrogen-bond donors (Lipinski definition) is 2. The summed E-state index contributed by atoms with van der Waals surface area (Å²) in [5.74, 6) is -1.22. The summed E-state index contributed by atoms with van der Waals surface area (Å²) in [4.78, 5) is 9.99. The van der Waals surface area contributed by atoms with Crippen LogP contribution in [0.5, 0.6) is 0 Å². The molecule has 12 heavy (non-hydrogen) atoms. The van der Waals surface area contributed by atoms with E-state index in [9.17, 15) is 9.90 Å². The molecule has 71 valence electrons. The van der Waals surface area contributed by atoms with Gasteiger partial charge in [0.2, 0.25) is 0 Å². The number of unbranched alkanes of at least 4 members (excludes halogenated alkanes) is 2. The zero-order valence-corrected chi connectivity index (χ0v) is 7.03. The molecule has 0 aliphatic rings. The zero-order chi connectivity index (χ0) is 9.40. The van der Waals surface area contributed by atoms with Gasteiger partial charge in [-0.15, -0.1) is 0 Å². The molecule has 0 saturated carbocycles. The molecule has 0 aromatic rings. The van der Waals surface area contributed by atoms with Gasteiger partial charge < -0.3 is 10.2 Å². The van der Waals surface area contributed by atoms with Crippen LogP contribution in [0.1, 0.15) is 32.1 Å². The molecule has 0 saturated heterocycles. The molecular formula is C8H15O4. The van der Waals surface area contributed by atoms with E-state index in [0.717, 1.165) is 12.8 Å². The average molecular weight is 175 g/mol. The second kappa shape index (κ2) is 7.06. The lowest BCUT2D eigenvalue weighted by Crippen LogP contribution is -2.11. The zero-order valence-electron chi connectivity index (χ0n) is 7.03. The highest BCUT2D eigenvalue weighted by Gasteiger charge is 2.09. The Balaban J connectivity index is 3.19. The summed E-state index contributed by atoms with van der Waals surface area (Å²) in [5.41, 5.74) is 0.